The predicted octanol–water partition coefficient (Wildman–Crippen LogP) is 3.76. The van der Waals surface area contributed by atoms with E-state index >= 15 is 0 Å². The van der Waals surface area contributed by atoms with Gasteiger partial charge in [-0.1, -0.05) is 18.2 Å². The van der Waals surface area contributed by atoms with E-state index in [4.69, 9.17) is 9.15 Å². The minimum absolute atomic E-state index is 0.194. The van der Waals surface area contributed by atoms with Crippen LogP contribution < -0.4 is 4.74 Å². The maximum atomic E-state index is 12.9. The van der Waals surface area contributed by atoms with Gasteiger partial charge in [-0.05, 0) is 42.8 Å². The zero-order valence-corrected chi connectivity index (χ0v) is 11.4. The number of ether oxygens (including phenoxy) is 1. The molecule has 1 heterocycles. The lowest BCUT2D eigenvalue weighted by Gasteiger charge is -2.05. The fraction of sp³-hybridized carbons (Fsp3) is 0.125. The Balaban J connectivity index is 1.71. The van der Waals surface area contributed by atoms with Gasteiger partial charge in [-0.15, -0.1) is 10.2 Å². The molecule has 3 aromatic rings. The number of para-hydroxylation sites is 1. The molecule has 0 fully saturated rings. The van der Waals surface area contributed by atoms with E-state index in [0.29, 0.717) is 17.3 Å². The highest BCUT2D eigenvalue weighted by molar-refractivity contribution is 5.51. The molecule has 0 bridgehead atoms. The Kier molecular flexibility index (Phi) is 3.64. The van der Waals surface area contributed by atoms with E-state index < -0.39 is 0 Å². The van der Waals surface area contributed by atoms with Crippen molar-refractivity contribution in [3.63, 3.8) is 0 Å². The van der Waals surface area contributed by atoms with Crippen LogP contribution in [0, 0.1) is 12.7 Å². The summed E-state index contributed by atoms with van der Waals surface area (Å²) in [7, 11) is 0. The molecule has 1 aromatic heterocycles. The fourth-order valence-electron chi connectivity index (χ4n) is 1.88. The maximum absolute atomic E-state index is 12.9. The lowest BCUT2D eigenvalue weighted by Crippen LogP contribution is -1.97. The Morgan fingerprint density at radius 3 is 2.57 bits per heavy atom. The molecule has 0 saturated heterocycles. The minimum Gasteiger partial charge on any atom is -0.484 e. The number of aryl methyl sites for hydroxylation is 1. The molecule has 106 valence electrons. The largest absolute Gasteiger partial charge is 0.484 e. The van der Waals surface area contributed by atoms with Crippen LogP contribution in [-0.4, -0.2) is 10.2 Å². The normalized spacial score (nSPS) is 10.6. The van der Waals surface area contributed by atoms with Crippen LogP contribution >= 0.6 is 0 Å². The predicted molar refractivity (Wildman–Crippen MR) is 75.2 cm³/mol. The van der Waals surface area contributed by atoms with Crippen LogP contribution in [0.5, 0.6) is 5.75 Å². The van der Waals surface area contributed by atoms with Gasteiger partial charge in [0.1, 0.15) is 11.6 Å². The first-order valence-corrected chi connectivity index (χ1v) is 6.49. The van der Waals surface area contributed by atoms with E-state index in [2.05, 4.69) is 10.2 Å². The van der Waals surface area contributed by atoms with Crippen LogP contribution in [0.4, 0.5) is 4.39 Å². The lowest BCUT2D eigenvalue weighted by atomic mass is 10.2. The third-order valence-corrected chi connectivity index (χ3v) is 3.00. The van der Waals surface area contributed by atoms with Gasteiger partial charge >= 0.3 is 0 Å². The van der Waals surface area contributed by atoms with Crippen molar-refractivity contribution in [2.24, 2.45) is 0 Å². The lowest BCUT2D eigenvalue weighted by molar-refractivity contribution is 0.263. The van der Waals surface area contributed by atoms with E-state index in [0.717, 1.165) is 11.3 Å². The number of nitrogens with zero attached hydrogens (tertiary/aromatic N) is 2. The molecular formula is C16H13FN2O2. The van der Waals surface area contributed by atoms with Gasteiger partial charge in [0, 0.05) is 5.56 Å². The number of rotatable bonds is 4. The third-order valence-electron chi connectivity index (χ3n) is 3.00. The Bertz CT molecular complexity index is 738. The van der Waals surface area contributed by atoms with E-state index in [1.807, 2.05) is 31.2 Å². The van der Waals surface area contributed by atoms with Crippen molar-refractivity contribution in [1.82, 2.24) is 10.2 Å². The van der Waals surface area contributed by atoms with Gasteiger partial charge in [0.25, 0.3) is 5.89 Å². The summed E-state index contributed by atoms with van der Waals surface area (Å²) in [5.41, 5.74) is 1.71. The van der Waals surface area contributed by atoms with Crippen LogP contribution in [0.25, 0.3) is 11.5 Å². The Morgan fingerprint density at radius 1 is 1.05 bits per heavy atom. The Morgan fingerprint density at radius 2 is 1.81 bits per heavy atom. The van der Waals surface area contributed by atoms with Gasteiger partial charge in [-0.3, -0.25) is 0 Å². The average molecular weight is 284 g/mol. The molecule has 5 heteroatoms. The number of halogens is 1. The van der Waals surface area contributed by atoms with Crippen LogP contribution in [0.1, 0.15) is 11.5 Å². The molecule has 0 aliphatic carbocycles. The molecule has 0 radical (unpaired) electrons. The summed E-state index contributed by atoms with van der Waals surface area (Å²) >= 11 is 0. The fourth-order valence-corrected chi connectivity index (χ4v) is 1.88. The van der Waals surface area contributed by atoms with Crippen LogP contribution in [0.3, 0.4) is 0 Å². The quantitative estimate of drug-likeness (QED) is 0.732. The summed E-state index contributed by atoms with van der Waals surface area (Å²) in [6.07, 6.45) is 0. The van der Waals surface area contributed by atoms with Crippen molar-refractivity contribution in [2.45, 2.75) is 13.5 Å². The van der Waals surface area contributed by atoms with Gasteiger partial charge < -0.3 is 9.15 Å². The summed E-state index contributed by atoms with van der Waals surface area (Å²) < 4.78 is 24.0. The first-order chi connectivity index (χ1) is 10.2. The van der Waals surface area contributed by atoms with Gasteiger partial charge in [-0.25, -0.2) is 4.39 Å². The van der Waals surface area contributed by atoms with Crippen LogP contribution in [0.15, 0.2) is 52.9 Å². The van der Waals surface area contributed by atoms with Gasteiger partial charge in [0.05, 0.1) is 0 Å². The molecule has 0 spiro atoms. The summed E-state index contributed by atoms with van der Waals surface area (Å²) in [5, 5.41) is 7.86. The van der Waals surface area contributed by atoms with E-state index in [-0.39, 0.29) is 12.4 Å². The van der Waals surface area contributed by atoms with Gasteiger partial charge in [-0.2, -0.15) is 0 Å². The summed E-state index contributed by atoms with van der Waals surface area (Å²) in [6, 6.07) is 13.6. The van der Waals surface area contributed by atoms with Crippen LogP contribution in [-0.2, 0) is 6.61 Å². The van der Waals surface area contributed by atoms with E-state index in [1.165, 1.54) is 12.1 Å². The molecule has 0 unspecified atom stereocenters. The first-order valence-electron chi connectivity index (χ1n) is 6.49. The average Bonchev–Trinajstić information content (AvgIpc) is 2.96. The second kappa shape index (κ2) is 5.75. The molecule has 0 aliphatic rings. The molecule has 0 amide bonds. The minimum atomic E-state index is -0.304. The molecule has 0 atom stereocenters. The van der Waals surface area contributed by atoms with Crippen molar-refractivity contribution in [3.05, 3.63) is 65.8 Å². The standard InChI is InChI=1S/C16H13FN2O2/c1-11-4-2-3-5-14(11)20-10-15-18-19-16(21-15)12-6-8-13(17)9-7-12/h2-9H,10H2,1H3. The number of hydrogen-bond donors (Lipinski definition) is 0. The van der Waals surface area contributed by atoms with Gasteiger partial charge in [0.15, 0.2) is 6.61 Å². The second-order valence-corrected chi connectivity index (χ2v) is 4.56. The zero-order valence-electron chi connectivity index (χ0n) is 11.4. The van der Waals surface area contributed by atoms with Crippen molar-refractivity contribution in [1.29, 1.82) is 0 Å². The van der Waals surface area contributed by atoms with Crippen molar-refractivity contribution in [2.75, 3.05) is 0 Å². The topological polar surface area (TPSA) is 48.2 Å². The third kappa shape index (κ3) is 3.08. The smallest absolute Gasteiger partial charge is 0.254 e. The van der Waals surface area contributed by atoms with E-state index in [9.17, 15) is 4.39 Å². The molecule has 0 N–H and O–H groups in total. The molecule has 21 heavy (non-hydrogen) atoms. The molecule has 0 saturated carbocycles. The molecule has 0 aliphatic heterocycles. The molecule has 4 nitrogen and oxygen atoms in total. The highest BCUT2D eigenvalue weighted by Crippen LogP contribution is 2.20. The van der Waals surface area contributed by atoms with E-state index in [1.54, 1.807) is 12.1 Å². The highest BCUT2D eigenvalue weighted by atomic mass is 19.1. The number of hydrogen-bond acceptors (Lipinski definition) is 4. The zero-order chi connectivity index (χ0) is 14.7. The molecule has 2 aromatic carbocycles. The maximum Gasteiger partial charge on any atom is 0.254 e. The van der Waals surface area contributed by atoms with Gasteiger partial charge in [0.2, 0.25) is 5.89 Å². The Hall–Kier alpha value is -2.69. The molecule has 3 rings (SSSR count). The highest BCUT2D eigenvalue weighted by Gasteiger charge is 2.09. The van der Waals surface area contributed by atoms with Crippen molar-refractivity contribution < 1.29 is 13.5 Å². The number of aromatic nitrogens is 2. The summed E-state index contributed by atoms with van der Waals surface area (Å²) in [6.45, 7) is 2.16. The van der Waals surface area contributed by atoms with Crippen LogP contribution in [0.2, 0.25) is 0 Å². The van der Waals surface area contributed by atoms with Crippen molar-refractivity contribution >= 4 is 0 Å². The second-order valence-electron chi connectivity index (χ2n) is 4.56. The first kappa shape index (κ1) is 13.3. The summed E-state index contributed by atoms with van der Waals surface area (Å²) in [4.78, 5) is 0. The molecular weight excluding hydrogens is 271 g/mol. The van der Waals surface area contributed by atoms with Crippen molar-refractivity contribution in [3.8, 4) is 17.2 Å². The Labute approximate surface area is 121 Å². The number of benzene rings is 2. The monoisotopic (exact) mass is 284 g/mol. The SMILES string of the molecule is Cc1ccccc1OCc1nnc(-c2ccc(F)cc2)o1. The summed E-state index contributed by atoms with van der Waals surface area (Å²) in [5.74, 6) is 1.19.